The van der Waals surface area contributed by atoms with E-state index in [1.165, 1.54) is 0 Å². The summed E-state index contributed by atoms with van der Waals surface area (Å²) in [5, 5.41) is 2.99. The number of unbranched alkanes of at least 4 members (excludes halogenated alkanes) is 1. The van der Waals surface area contributed by atoms with Crippen LogP contribution in [0.3, 0.4) is 0 Å². The number of nitrogens with one attached hydrogen (secondary N) is 1. The van der Waals surface area contributed by atoms with E-state index in [1.807, 2.05) is 67.6 Å². The van der Waals surface area contributed by atoms with Gasteiger partial charge in [0.1, 0.15) is 6.04 Å². The van der Waals surface area contributed by atoms with Gasteiger partial charge < -0.3 is 10.2 Å². The molecule has 1 atom stereocenters. The fourth-order valence-corrected chi connectivity index (χ4v) is 2.90. The van der Waals surface area contributed by atoms with Crippen LogP contribution < -0.4 is 5.32 Å². The van der Waals surface area contributed by atoms with Crippen LogP contribution in [0.2, 0.25) is 0 Å². The molecule has 0 aliphatic rings. The largest absolute Gasteiger partial charge is 0.354 e. The van der Waals surface area contributed by atoms with Crippen molar-refractivity contribution in [3.8, 4) is 0 Å². The second-order valence-corrected chi connectivity index (χ2v) is 6.32. The predicted molar refractivity (Wildman–Crippen MR) is 104 cm³/mol. The lowest BCUT2D eigenvalue weighted by molar-refractivity contribution is -0.141. The van der Waals surface area contributed by atoms with Crippen molar-refractivity contribution in [3.63, 3.8) is 0 Å². The van der Waals surface area contributed by atoms with E-state index in [9.17, 15) is 9.59 Å². The van der Waals surface area contributed by atoms with Gasteiger partial charge in [0, 0.05) is 19.5 Å². The Balaban J connectivity index is 2.34. The first-order valence-electron chi connectivity index (χ1n) is 9.33. The molecule has 4 heteroatoms. The molecule has 0 aliphatic carbocycles. The van der Waals surface area contributed by atoms with Crippen molar-refractivity contribution in [2.75, 3.05) is 6.54 Å². The lowest BCUT2D eigenvalue weighted by Crippen LogP contribution is -2.43. The molecule has 0 saturated heterocycles. The zero-order valence-electron chi connectivity index (χ0n) is 15.7. The number of benzene rings is 2. The number of hydrogen-bond donors (Lipinski definition) is 1. The number of carbonyl (C=O) groups excluding carboxylic acids is 2. The Bertz CT molecular complexity index is 686. The van der Waals surface area contributed by atoms with Gasteiger partial charge in [-0.15, -0.1) is 0 Å². The van der Waals surface area contributed by atoms with Gasteiger partial charge in [-0.3, -0.25) is 9.59 Å². The summed E-state index contributed by atoms with van der Waals surface area (Å²) in [6.07, 6.45) is 2.30. The zero-order valence-corrected chi connectivity index (χ0v) is 15.7. The average Bonchev–Trinajstić information content (AvgIpc) is 2.68. The second-order valence-electron chi connectivity index (χ2n) is 6.32. The van der Waals surface area contributed by atoms with Gasteiger partial charge in [0.25, 0.3) is 0 Å². The van der Waals surface area contributed by atoms with Crippen LogP contribution in [0.15, 0.2) is 60.7 Å². The van der Waals surface area contributed by atoms with Crippen molar-refractivity contribution >= 4 is 11.8 Å². The van der Waals surface area contributed by atoms with Gasteiger partial charge >= 0.3 is 0 Å². The normalized spacial score (nSPS) is 11.6. The number of rotatable bonds is 9. The fraction of sp³-hybridized carbons (Fsp3) is 0.364. The summed E-state index contributed by atoms with van der Waals surface area (Å²) in [7, 11) is 0. The molecule has 0 saturated carbocycles. The maximum absolute atomic E-state index is 13.0. The first-order valence-corrected chi connectivity index (χ1v) is 9.33. The molecule has 0 fully saturated rings. The predicted octanol–water partition coefficient (Wildman–Crippen LogP) is 4.08. The van der Waals surface area contributed by atoms with Crippen LogP contribution >= 0.6 is 0 Å². The summed E-state index contributed by atoms with van der Waals surface area (Å²) >= 11 is 0. The maximum Gasteiger partial charge on any atom is 0.247 e. The highest BCUT2D eigenvalue weighted by Gasteiger charge is 2.30. The molecule has 0 radical (unpaired) electrons. The van der Waals surface area contributed by atoms with Crippen molar-refractivity contribution in [2.45, 2.75) is 45.7 Å². The van der Waals surface area contributed by atoms with Gasteiger partial charge in [0.15, 0.2) is 0 Å². The molecule has 2 aromatic carbocycles. The van der Waals surface area contributed by atoms with Crippen molar-refractivity contribution in [3.05, 3.63) is 71.8 Å². The van der Waals surface area contributed by atoms with Crippen LogP contribution in [0.1, 0.15) is 50.3 Å². The van der Waals surface area contributed by atoms with E-state index in [0.29, 0.717) is 19.5 Å². The summed E-state index contributed by atoms with van der Waals surface area (Å²) in [5.74, 6) is -0.157. The molecule has 26 heavy (non-hydrogen) atoms. The third-order valence-electron chi connectivity index (χ3n) is 4.32. The molecule has 0 bridgehead atoms. The molecule has 0 aromatic heterocycles. The zero-order chi connectivity index (χ0) is 18.8. The highest BCUT2D eigenvalue weighted by Crippen LogP contribution is 2.24. The van der Waals surface area contributed by atoms with Gasteiger partial charge in [-0.1, -0.05) is 80.9 Å². The molecule has 4 nitrogen and oxygen atoms in total. The third-order valence-corrected chi connectivity index (χ3v) is 4.32. The average molecular weight is 352 g/mol. The van der Waals surface area contributed by atoms with Crippen molar-refractivity contribution in [2.24, 2.45) is 0 Å². The number of hydrogen-bond acceptors (Lipinski definition) is 2. The molecule has 2 amide bonds. The smallest absolute Gasteiger partial charge is 0.247 e. The Hall–Kier alpha value is -2.62. The summed E-state index contributed by atoms with van der Waals surface area (Å²) in [5.41, 5.74) is 1.84. The van der Waals surface area contributed by atoms with Crippen LogP contribution in [-0.4, -0.2) is 23.3 Å². The minimum atomic E-state index is -0.624. The Kier molecular flexibility index (Phi) is 7.87. The van der Waals surface area contributed by atoms with E-state index in [0.717, 1.165) is 24.0 Å². The van der Waals surface area contributed by atoms with Gasteiger partial charge in [0.05, 0.1) is 0 Å². The highest BCUT2D eigenvalue weighted by atomic mass is 16.2. The Morgan fingerprint density at radius 3 is 2.15 bits per heavy atom. The van der Waals surface area contributed by atoms with Crippen LogP contribution in [-0.2, 0) is 16.1 Å². The maximum atomic E-state index is 13.0. The molecular weight excluding hydrogens is 324 g/mol. The first kappa shape index (κ1) is 19.7. The molecule has 2 aromatic rings. The summed E-state index contributed by atoms with van der Waals surface area (Å²) in [6.45, 7) is 4.95. The Morgan fingerprint density at radius 1 is 0.962 bits per heavy atom. The molecule has 0 heterocycles. The van der Waals surface area contributed by atoms with Gasteiger partial charge in [0.2, 0.25) is 11.8 Å². The van der Waals surface area contributed by atoms with E-state index in [1.54, 1.807) is 4.90 Å². The van der Waals surface area contributed by atoms with Crippen LogP contribution in [0.25, 0.3) is 0 Å². The lowest BCUT2D eigenvalue weighted by Gasteiger charge is -2.31. The molecule has 0 aliphatic heterocycles. The van der Waals surface area contributed by atoms with Crippen molar-refractivity contribution < 1.29 is 9.59 Å². The number of nitrogens with zero attached hydrogens (tertiary/aromatic N) is 1. The monoisotopic (exact) mass is 352 g/mol. The summed E-state index contributed by atoms with van der Waals surface area (Å²) in [4.78, 5) is 27.4. The Morgan fingerprint density at radius 2 is 1.58 bits per heavy atom. The summed E-state index contributed by atoms with van der Waals surface area (Å²) < 4.78 is 0. The van der Waals surface area contributed by atoms with E-state index >= 15 is 0 Å². The van der Waals surface area contributed by atoms with Gasteiger partial charge in [-0.25, -0.2) is 0 Å². The van der Waals surface area contributed by atoms with Gasteiger partial charge in [-0.05, 0) is 17.5 Å². The number of carbonyl (C=O) groups is 2. The topological polar surface area (TPSA) is 49.4 Å². The highest BCUT2D eigenvalue weighted by molar-refractivity contribution is 5.88. The molecule has 1 unspecified atom stereocenters. The van der Waals surface area contributed by atoms with Crippen LogP contribution in [0.5, 0.6) is 0 Å². The molecule has 1 N–H and O–H groups in total. The fourth-order valence-electron chi connectivity index (χ4n) is 2.90. The minimum Gasteiger partial charge on any atom is -0.354 e. The van der Waals surface area contributed by atoms with E-state index in [4.69, 9.17) is 0 Å². The molecule has 0 spiro atoms. The Labute approximate surface area is 156 Å². The molecular formula is C22H28N2O2. The number of amides is 2. The standard InChI is InChI=1S/C22H28N2O2/c1-3-5-16-23-22(26)21(19-14-10-7-11-15-19)24(20(25)4-2)17-18-12-8-6-9-13-18/h6-15,21H,3-5,16-17H2,1-2H3,(H,23,26). The minimum absolute atomic E-state index is 0.0339. The van der Waals surface area contributed by atoms with E-state index in [2.05, 4.69) is 12.2 Å². The van der Waals surface area contributed by atoms with Crippen LogP contribution in [0.4, 0.5) is 0 Å². The van der Waals surface area contributed by atoms with E-state index < -0.39 is 6.04 Å². The SMILES string of the molecule is CCCCNC(=O)C(c1ccccc1)N(Cc1ccccc1)C(=O)CC. The second kappa shape index (κ2) is 10.4. The summed E-state index contributed by atoms with van der Waals surface area (Å²) in [6, 6.07) is 18.7. The molecule has 2 rings (SSSR count). The van der Waals surface area contributed by atoms with Crippen LogP contribution in [0, 0.1) is 0 Å². The van der Waals surface area contributed by atoms with Gasteiger partial charge in [-0.2, -0.15) is 0 Å². The first-order chi connectivity index (χ1) is 12.7. The van der Waals surface area contributed by atoms with E-state index in [-0.39, 0.29) is 11.8 Å². The van der Waals surface area contributed by atoms with Crippen molar-refractivity contribution in [1.29, 1.82) is 0 Å². The lowest BCUT2D eigenvalue weighted by atomic mass is 10.0. The van der Waals surface area contributed by atoms with Crippen molar-refractivity contribution in [1.82, 2.24) is 10.2 Å². The third kappa shape index (κ3) is 5.45. The quantitative estimate of drug-likeness (QED) is 0.691. The molecule has 138 valence electrons.